The predicted molar refractivity (Wildman–Crippen MR) is 63.6 cm³/mol. The molecular weight excluding hydrogens is 218 g/mol. The topological polar surface area (TPSA) is 58.6 Å². The van der Waals surface area contributed by atoms with Crippen molar-refractivity contribution < 1.29 is 14.6 Å². The number of carbonyl (C=O) groups excluding carboxylic acids is 1. The lowest BCUT2D eigenvalue weighted by Crippen LogP contribution is -2.33. The summed E-state index contributed by atoms with van der Waals surface area (Å²) in [6.45, 7) is 2.23. The third kappa shape index (κ3) is 2.77. The van der Waals surface area contributed by atoms with Crippen LogP contribution in [0.15, 0.2) is 24.3 Å². The highest BCUT2D eigenvalue weighted by Crippen LogP contribution is 2.27. The number of esters is 1. The fourth-order valence-electron chi connectivity index (χ4n) is 2.14. The van der Waals surface area contributed by atoms with Crippen LogP contribution < -0.4 is 5.32 Å². The second-order valence-corrected chi connectivity index (χ2v) is 4.19. The molecule has 1 fully saturated rings. The smallest absolute Gasteiger partial charge is 0.323 e. The van der Waals surface area contributed by atoms with Gasteiger partial charge >= 0.3 is 5.97 Å². The maximum Gasteiger partial charge on any atom is 0.323 e. The van der Waals surface area contributed by atoms with Gasteiger partial charge in [-0.2, -0.15) is 0 Å². The van der Waals surface area contributed by atoms with Crippen LogP contribution in [0.4, 0.5) is 0 Å². The molecule has 0 unspecified atom stereocenters. The van der Waals surface area contributed by atoms with Gasteiger partial charge in [-0.15, -0.1) is 0 Å². The molecule has 17 heavy (non-hydrogen) atoms. The van der Waals surface area contributed by atoms with Gasteiger partial charge in [-0.1, -0.05) is 12.1 Å². The number of phenolic OH excluding ortho intramolecular Hbond substituents is 1. The summed E-state index contributed by atoms with van der Waals surface area (Å²) in [5.41, 5.74) is 1.09. The Morgan fingerprint density at radius 2 is 2.12 bits per heavy atom. The minimum absolute atomic E-state index is 0.171. The average molecular weight is 235 g/mol. The van der Waals surface area contributed by atoms with Crippen LogP contribution in [-0.2, 0) is 9.53 Å². The Labute approximate surface area is 101 Å². The van der Waals surface area contributed by atoms with Crippen molar-refractivity contribution in [3.63, 3.8) is 0 Å². The van der Waals surface area contributed by atoms with E-state index in [0.29, 0.717) is 6.61 Å². The molecule has 1 aromatic rings. The molecule has 1 saturated heterocycles. The van der Waals surface area contributed by atoms with Gasteiger partial charge in [0.05, 0.1) is 6.61 Å². The van der Waals surface area contributed by atoms with E-state index in [-0.39, 0.29) is 23.8 Å². The Balaban J connectivity index is 1.98. The Kier molecular flexibility index (Phi) is 3.64. The Morgan fingerprint density at radius 3 is 2.76 bits per heavy atom. The first-order valence-corrected chi connectivity index (χ1v) is 5.92. The Morgan fingerprint density at radius 1 is 1.41 bits per heavy atom. The van der Waals surface area contributed by atoms with E-state index in [1.54, 1.807) is 12.1 Å². The van der Waals surface area contributed by atoms with E-state index in [0.717, 1.165) is 18.4 Å². The van der Waals surface area contributed by atoms with E-state index in [4.69, 9.17) is 4.74 Å². The molecule has 1 heterocycles. The number of carbonyl (C=O) groups is 1. The lowest BCUT2D eigenvalue weighted by molar-refractivity contribution is -0.145. The molecule has 0 spiro atoms. The molecule has 1 aliphatic rings. The molecule has 2 N–H and O–H groups in total. The number of nitrogens with one attached hydrogen (secondary N) is 1. The first-order chi connectivity index (χ1) is 8.20. The Bertz CT molecular complexity index is 388. The summed E-state index contributed by atoms with van der Waals surface area (Å²) in [6, 6.07) is 7.04. The molecule has 4 heteroatoms. The standard InChI is InChI=1S/C13H17NO3/c1-2-17-13(16)12-8-7-11(14-12)9-3-5-10(15)6-4-9/h3-6,11-12,14-15H,2,7-8H2,1H3/t11-,12+/m1/s1. The fraction of sp³-hybridized carbons (Fsp3) is 0.462. The highest BCUT2D eigenvalue weighted by molar-refractivity contribution is 5.76. The van der Waals surface area contributed by atoms with Gasteiger partial charge in [0.15, 0.2) is 0 Å². The van der Waals surface area contributed by atoms with Gasteiger partial charge in [0.25, 0.3) is 0 Å². The number of hydrogen-bond acceptors (Lipinski definition) is 4. The van der Waals surface area contributed by atoms with Crippen molar-refractivity contribution in [3.05, 3.63) is 29.8 Å². The van der Waals surface area contributed by atoms with Gasteiger partial charge in [0.1, 0.15) is 11.8 Å². The monoisotopic (exact) mass is 235 g/mol. The zero-order chi connectivity index (χ0) is 12.3. The molecule has 0 saturated carbocycles. The van der Waals surface area contributed by atoms with Gasteiger partial charge in [-0.05, 0) is 37.5 Å². The first-order valence-electron chi connectivity index (χ1n) is 5.92. The number of benzene rings is 1. The van der Waals surface area contributed by atoms with E-state index in [9.17, 15) is 9.90 Å². The van der Waals surface area contributed by atoms with E-state index in [2.05, 4.69) is 5.32 Å². The summed E-state index contributed by atoms with van der Waals surface area (Å²) in [5.74, 6) is 0.0856. The molecule has 0 amide bonds. The molecule has 92 valence electrons. The minimum atomic E-state index is -0.200. The predicted octanol–water partition coefficient (Wildman–Crippen LogP) is 1.75. The maximum absolute atomic E-state index is 11.6. The van der Waals surface area contributed by atoms with E-state index < -0.39 is 0 Å². The van der Waals surface area contributed by atoms with Gasteiger partial charge in [-0.25, -0.2) is 0 Å². The minimum Gasteiger partial charge on any atom is -0.508 e. The van der Waals surface area contributed by atoms with Crippen LogP contribution >= 0.6 is 0 Å². The molecule has 0 aliphatic carbocycles. The van der Waals surface area contributed by atoms with Crippen molar-refractivity contribution in [3.8, 4) is 5.75 Å². The van der Waals surface area contributed by atoms with Crippen LogP contribution in [-0.4, -0.2) is 23.7 Å². The van der Waals surface area contributed by atoms with Gasteiger partial charge in [0, 0.05) is 6.04 Å². The van der Waals surface area contributed by atoms with Crippen LogP contribution in [0.1, 0.15) is 31.4 Å². The Hall–Kier alpha value is -1.55. The number of phenols is 1. The largest absolute Gasteiger partial charge is 0.508 e. The second-order valence-electron chi connectivity index (χ2n) is 4.19. The van der Waals surface area contributed by atoms with E-state index in [1.165, 1.54) is 0 Å². The number of ether oxygens (including phenoxy) is 1. The maximum atomic E-state index is 11.6. The third-order valence-corrected chi connectivity index (χ3v) is 3.01. The fourth-order valence-corrected chi connectivity index (χ4v) is 2.14. The van der Waals surface area contributed by atoms with Crippen molar-refractivity contribution in [2.24, 2.45) is 0 Å². The second kappa shape index (κ2) is 5.19. The van der Waals surface area contributed by atoms with Crippen molar-refractivity contribution in [1.82, 2.24) is 5.32 Å². The SMILES string of the molecule is CCOC(=O)[C@@H]1CC[C@H](c2ccc(O)cc2)N1. The van der Waals surface area contributed by atoms with Crippen LogP contribution in [0.3, 0.4) is 0 Å². The van der Waals surface area contributed by atoms with Crippen LogP contribution in [0.5, 0.6) is 5.75 Å². The molecule has 0 aromatic heterocycles. The summed E-state index contributed by atoms with van der Waals surface area (Å²) in [7, 11) is 0. The normalized spacial score (nSPS) is 23.6. The molecule has 1 aliphatic heterocycles. The van der Waals surface area contributed by atoms with Crippen LogP contribution in [0.2, 0.25) is 0 Å². The van der Waals surface area contributed by atoms with Crippen molar-refractivity contribution in [2.45, 2.75) is 31.8 Å². The quantitative estimate of drug-likeness (QED) is 0.784. The highest BCUT2D eigenvalue weighted by atomic mass is 16.5. The summed E-state index contributed by atoms with van der Waals surface area (Å²) >= 11 is 0. The van der Waals surface area contributed by atoms with Crippen LogP contribution in [0.25, 0.3) is 0 Å². The van der Waals surface area contributed by atoms with E-state index >= 15 is 0 Å². The van der Waals surface area contributed by atoms with Crippen LogP contribution in [0, 0.1) is 0 Å². The zero-order valence-electron chi connectivity index (χ0n) is 9.85. The molecule has 2 rings (SSSR count). The first kappa shape index (κ1) is 11.9. The lowest BCUT2D eigenvalue weighted by atomic mass is 10.1. The van der Waals surface area contributed by atoms with Gasteiger partial charge in [-0.3, -0.25) is 10.1 Å². The molecule has 0 radical (unpaired) electrons. The molecule has 0 bridgehead atoms. The highest BCUT2D eigenvalue weighted by Gasteiger charge is 2.30. The van der Waals surface area contributed by atoms with Crippen molar-refractivity contribution in [1.29, 1.82) is 0 Å². The molecule has 2 atom stereocenters. The summed E-state index contributed by atoms with van der Waals surface area (Å²) in [5, 5.41) is 12.5. The number of rotatable bonds is 3. The molecule has 1 aromatic carbocycles. The average Bonchev–Trinajstić information content (AvgIpc) is 2.80. The van der Waals surface area contributed by atoms with Gasteiger partial charge in [0.2, 0.25) is 0 Å². The van der Waals surface area contributed by atoms with Gasteiger partial charge < -0.3 is 9.84 Å². The van der Waals surface area contributed by atoms with Crippen molar-refractivity contribution in [2.75, 3.05) is 6.61 Å². The summed E-state index contributed by atoms with van der Waals surface area (Å²) in [6.07, 6.45) is 1.71. The lowest BCUT2D eigenvalue weighted by Gasteiger charge is -2.13. The van der Waals surface area contributed by atoms with E-state index in [1.807, 2.05) is 19.1 Å². The summed E-state index contributed by atoms with van der Waals surface area (Å²) in [4.78, 5) is 11.6. The number of aromatic hydroxyl groups is 1. The summed E-state index contributed by atoms with van der Waals surface area (Å²) < 4.78 is 4.99. The molecule has 4 nitrogen and oxygen atoms in total. The third-order valence-electron chi connectivity index (χ3n) is 3.01. The zero-order valence-corrected chi connectivity index (χ0v) is 9.85. The van der Waals surface area contributed by atoms with Crippen molar-refractivity contribution >= 4 is 5.97 Å². The molecular formula is C13H17NO3. The number of hydrogen-bond donors (Lipinski definition) is 2.